The molecule has 0 amide bonds. The van der Waals surface area contributed by atoms with E-state index >= 15 is 0 Å². The normalized spacial score (nSPS) is 15.2. The number of furan rings is 1. The van der Waals surface area contributed by atoms with Gasteiger partial charge in [0.1, 0.15) is 10.8 Å². The van der Waals surface area contributed by atoms with Gasteiger partial charge in [-0.2, -0.15) is 5.26 Å². The third-order valence-electron chi connectivity index (χ3n) is 4.30. The number of Topliss-reactive ketones (excluding diaryl/α,β-unsaturated/α-hetero) is 2. The van der Waals surface area contributed by atoms with Crippen molar-refractivity contribution in [3.63, 3.8) is 0 Å². The third kappa shape index (κ3) is 2.69. The summed E-state index contributed by atoms with van der Waals surface area (Å²) in [7, 11) is 0. The largest absolute Gasteiger partial charge is 0.457 e. The molecule has 5 nitrogen and oxygen atoms in total. The van der Waals surface area contributed by atoms with Crippen molar-refractivity contribution < 1.29 is 14.0 Å². The van der Waals surface area contributed by atoms with Crippen molar-refractivity contribution in [3.05, 3.63) is 38.7 Å². The van der Waals surface area contributed by atoms with E-state index in [9.17, 15) is 14.9 Å². The van der Waals surface area contributed by atoms with Crippen LogP contribution in [0, 0.1) is 18.3 Å². The molecule has 0 fully saturated rings. The predicted molar refractivity (Wildman–Crippen MR) is 89.6 cm³/mol. The molecule has 124 valence electrons. The zero-order valence-corrected chi connectivity index (χ0v) is 14.7. The number of carbonyl (C=O) groups excluding carboxylic acids is 2. The summed E-state index contributed by atoms with van der Waals surface area (Å²) in [6, 6.07) is 2.04. The monoisotopic (exact) mass is 342 g/mol. The van der Waals surface area contributed by atoms with Crippen LogP contribution >= 0.6 is 11.3 Å². The summed E-state index contributed by atoms with van der Waals surface area (Å²) in [5, 5.41) is 11.8. The van der Waals surface area contributed by atoms with Crippen LogP contribution in [0.1, 0.15) is 81.5 Å². The number of carbonyl (C=O) groups is 2. The molecule has 0 aliphatic heterocycles. The Morgan fingerprint density at radius 3 is 2.75 bits per heavy atom. The average molecular weight is 342 g/mol. The van der Waals surface area contributed by atoms with Crippen molar-refractivity contribution in [2.45, 2.75) is 51.9 Å². The fourth-order valence-corrected chi connectivity index (χ4v) is 3.96. The van der Waals surface area contributed by atoms with Crippen molar-refractivity contribution in [3.8, 4) is 6.07 Å². The molecule has 1 aliphatic carbocycles. The predicted octanol–water partition coefficient (Wildman–Crippen LogP) is 4.18. The number of rotatable bonds is 4. The van der Waals surface area contributed by atoms with Crippen molar-refractivity contribution >= 4 is 22.9 Å². The van der Waals surface area contributed by atoms with E-state index in [0.29, 0.717) is 34.7 Å². The fraction of sp³-hybridized carbons (Fsp3) is 0.444. The lowest BCUT2D eigenvalue weighted by Crippen LogP contribution is -2.12. The first-order valence-electron chi connectivity index (χ1n) is 7.98. The third-order valence-corrected chi connectivity index (χ3v) is 5.23. The first-order valence-corrected chi connectivity index (χ1v) is 8.86. The number of hydrogen-bond donors (Lipinski definition) is 0. The molecule has 0 saturated carbocycles. The highest BCUT2D eigenvalue weighted by Gasteiger charge is 2.33. The van der Waals surface area contributed by atoms with Gasteiger partial charge >= 0.3 is 0 Å². The number of nitrogens with zero attached hydrogens (tertiary/aromatic N) is 2. The Morgan fingerprint density at radius 2 is 2.17 bits per heavy atom. The van der Waals surface area contributed by atoms with Crippen molar-refractivity contribution in [2.75, 3.05) is 0 Å². The van der Waals surface area contributed by atoms with Gasteiger partial charge in [0.15, 0.2) is 17.5 Å². The van der Waals surface area contributed by atoms with Gasteiger partial charge in [-0.3, -0.25) is 9.59 Å². The van der Waals surface area contributed by atoms with E-state index in [2.05, 4.69) is 4.98 Å². The molecule has 0 bridgehead atoms. The van der Waals surface area contributed by atoms with Crippen LogP contribution in [0.3, 0.4) is 0 Å². The van der Waals surface area contributed by atoms with Gasteiger partial charge in [-0.05, 0) is 19.3 Å². The summed E-state index contributed by atoms with van der Waals surface area (Å²) in [5.41, 5.74) is 1.96. The minimum absolute atomic E-state index is 0.0152. The van der Waals surface area contributed by atoms with Crippen LogP contribution in [0.5, 0.6) is 0 Å². The molecule has 2 aromatic rings. The summed E-state index contributed by atoms with van der Waals surface area (Å²) in [4.78, 5) is 29.3. The Balaban J connectivity index is 1.98. The summed E-state index contributed by atoms with van der Waals surface area (Å²) >= 11 is 1.31. The maximum Gasteiger partial charge on any atom is 0.222 e. The zero-order chi connectivity index (χ0) is 17.4. The molecule has 2 aromatic heterocycles. The van der Waals surface area contributed by atoms with Crippen LogP contribution in [0.15, 0.2) is 9.80 Å². The van der Waals surface area contributed by atoms with E-state index in [-0.39, 0.29) is 17.5 Å². The molecule has 24 heavy (non-hydrogen) atoms. The average Bonchev–Trinajstić information content (AvgIpc) is 3.14. The number of hydrogen-bond acceptors (Lipinski definition) is 6. The number of thiazole rings is 1. The second-order valence-electron chi connectivity index (χ2n) is 6.32. The quantitative estimate of drug-likeness (QED) is 0.778. The van der Waals surface area contributed by atoms with Gasteiger partial charge in [-0.1, -0.05) is 13.8 Å². The van der Waals surface area contributed by atoms with E-state index in [4.69, 9.17) is 4.42 Å². The molecule has 0 aromatic carbocycles. The SMILES string of the molecule is Cc1c(C(=O)C(C#N)c2nc(C(C)C)cs2)oc2c1C(=O)CCC2. The van der Waals surface area contributed by atoms with Crippen LogP contribution in [0.4, 0.5) is 0 Å². The van der Waals surface area contributed by atoms with Crippen LogP contribution in [-0.2, 0) is 6.42 Å². The number of ketones is 2. The number of fused-ring (bicyclic) bond motifs is 1. The molecule has 1 atom stereocenters. The second-order valence-corrected chi connectivity index (χ2v) is 7.21. The molecule has 0 saturated heterocycles. The molecule has 2 heterocycles. The number of nitriles is 1. The topological polar surface area (TPSA) is 84.0 Å². The first-order chi connectivity index (χ1) is 11.4. The number of aromatic nitrogens is 1. The summed E-state index contributed by atoms with van der Waals surface area (Å²) < 4.78 is 5.68. The zero-order valence-electron chi connectivity index (χ0n) is 13.9. The minimum Gasteiger partial charge on any atom is -0.457 e. The molecule has 1 unspecified atom stereocenters. The van der Waals surface area contributed by atoms with Crippen molar-refractivity contribution in [2.24, 2.45) is 0 Å². The first kappa shape index (κ1) is 16.6. The fourth-order valence-electron chi connectivity index (χ4n) is 2.94. The van der Waals surface area contributed by atoms with Gasteiger partial charge in [0, 0.05) is 23.8 Å². The van der Waals surface area contributed by atoms with Gasteiger partial charge in [-0.15, -0.1) is 11.3 Å². The lowest BCUT2D eigenvalue weighted by Gasteiger charge is -2.07. The summed E-state index contributed by atoms with van der Waals surface area (Å²) in [6.07, 6.45) is 1.87. The maximum atomic E-state index is 12.8. The van der Waals surface area contributed by atoms with Crippen LogP contribution in [0.25, 0.3) is 0 Å². The molecule has 1 aliphatic rings. The Kier molecular flexibility index (Phi) is 4.37. The van der Waals surface area contributed by atoms with E-state index in [1.54, 1.807) is 6.92 Å². The second kappa shape index (κ2) is 6.33. The molecular weight excluding hydrogens is 324 g/mol. The molecule has 3 rings (SSSR count). The highest BCUT2D eigenvalue weighted by atomic mass is 32.1. The Morgan fingerprint density at radius 1 is 1.42 bits per heavy atom. The van der Waals surface area contributed by atoms with Gasteiger partial charge in [-0.25, -0.2) is 4.98 Å². The Bertz CT molecular complexity index is 854. The molecule has 6 heteroatoms. The van der Waals surface area contributed by atoms with Gasteiger partial charge in [0.2, 0.25) is 5.78 Å². The minimum atomic E-state index is -0.996. The highest BCUT2D eigenvalue weighted by Crippen LogP contribution is 2.33. The van der Waals surface area contributed by atoms with E-state index in [1.807, 2.05) is 25.3 Å². The van der Waals surface area contributed by atoms with E-state index < -0.39 is 11.7 Å². The molecule has 0 N–H and O–H groups in total. The molecule has 0 spiro atoms. The van der Waals surface area contributed by atoms with E-state index in [1.165, 1.54) is 11.3 Å². The molecular formula is C18H18N2O3S. The van der Waals surface area contributed by atoms with Crippen molar-refractivity contribution in [1.82, 2.24) is 4.98 Å². The number of aryl methyl sites for hydroxylation is 1. The molecule has 0 radical (unpaired) electrons. The Hall–Kier alpha value is -2.26. The van der Waals surface area contributed by atoms with Gasteiger partial charge in [0.05, 0.1) is 17.3 Å². The smallest absolute Gasteiger partial charge is 0.222 e. The van der Waals surface area contributed by atoms with E-state index in [0.717, 1.165) is 12.1 Å². The lowest BCUT2D eigenvalue weighted by molar-refractivity contribution is 0.0942. The highest BCUT2D eigenvalue weighted by molar-refractivity contribution is 7.10. The lowest BCUT2D eigenvalue weighted by atomic mass is 9.92. The van der Waals surface area contributed by atoms with Crippen molar-refractivity contribution in [1.29, 1.82) is 5.26 Å². The Labute approximate surface area is 144 Å². The van der Waals surface area contributed by atoms with Gasteiger partial charge < -0.3 is 4.42 Å². The van der Waals surface area contributed by atoms with Crippen LogP contribution in [0.2, 0.25) is 0 Å². The van der Waals surface area contributed by atoms with Crippen LogP contribution in [-0.4, -0.2) is 16.6 Å². The summed E-state index contributed by atoms with van der Waals surface area (Å²) in [6.45, 7) is 5.74. The standard InChI is InChI=1S/C18H18N2O3S/c1-9(2)12-8-24-18(20-12)11(7-19)16(22)17-10(3)15-13(21)5-4-6-14(15)23-17/h8-9,11H,4-6H2,1-3H3. The van der Waals surface area contributed by atoms with Crippen LogP contribution < -0.4 is 0 Å². The maximum absolute atomic E-state index is 12.8. The van der Waals surface area contributed by atoms with Gasteiger partial charge in [0.25, 0.3) is 0 Å². The summed E-state index contributed by atoms with van der Waals surface area (Å²) in [5.74, 6) is -0.458.